The molecule has 1 aliphatic rings. The Labute approximate surface area is 158 Å². The number of rotatable bonds is 5. The fourth-order valence-corrected chi connectivity index (χ4v) is 2.69. The summed E-state index contributed by atoms with van der Waals surface area (Å²) in [5, 5.41) is 7.79. The lowest BCUT2D eigenvalue weighted by molar-refractivity contribution is -0.140. The second kappa shape index (κ2) is 7.06. The minimum absolute atomic E-state index is 0.0686. The highest BCUT2D eigenvalue weighted by molar-refractivity contribution is 5.89. The van der Waals surface area contributed by atoms with Crippen LogP contribution in [0.1, 0.15) is 19.4 Å². The van der Waals surface area contributed by atoms with Gasteiger partial charge in [-0.1, -0.05) is 12.2 Å². The maximum absolute atomic E-state index is 12.3. The molecule has 8 nitrogen and oxygen atoms in total. The Morgan fingerprint density at radius 3 is 2.82 bits per heavy atom. The molecule has 1 aliphatic heterocycles. The molecule has 3 heterocycles. The molecule has 11 heteroatoms. The van der Waals surface area contributed by atoms with Crippen LogP contribution in [0.25, 0.3) is 17.3 Å². The summed E-state index contributed by atoms with van der Waals surface area (Å²) in [5.74, 6) is 0.0638. The van der Waals surface area contributed by atoms with E-state index in [2.05, 4.69) is 25.6 Å². The predicted molar refractivity (Wildman–Crippen MR) is 101 cm³/mol. The molecule has 0 atom stereocenters. The molecule has 0 aromatic carbocycles. The number of anilines is 3. The first-order valence-corrected chi connectivity index (χ1v) is 8.45. The van der Waals surface area contributed by atoms with Crippen LogP contribution >= 0.6 is 0 Å². The lowest BCUT2D eigenvalue weighted by Gasteiger charge is -2.25. The average molecular weight is 395 g/mol. The van der Waals surface area contributed by atoms with Gasteiger partial charge in [-0.25, -0.2) is 9.97 Å². The van der Waals surface area contributed by atoms with Crippen LogP contribution in [0.5, 0.6) is 0 Å². The van der Waals surface area contributed by atoms with Crippen molar-refractivity contribution < 1.29 is 18.0 Å². The van der Waals surface area contributed by atoms with E-state index in [-0.39, 0.29) is 5.95 Å². The third-order valence-electron chi connectivity index (χ3n) is 4.12. The standard InChI is InChI=1S/C17H20F3N7O/c1-16(2,14(28)25-8-17(18,19)20)27-15-24-7-11(21)12(26-15)10-6-23-13-9(10)4-3-5-22-13/h3-4,6-7,22-23H,5,8,21H2,1-2H3,(H,25,28)(H,24,26,27). The number of amides is 1. The van der Waals surface area contributed by atoms with Gasteiger partial charge in [0.25, 0.3) is 0 Å². The molecule has 150 valence electrons. The number of nitrogens with two attached hydrogens (primary N) is 1. The Bertz CT molecular complexity index is 918. The zero-order chi connectivity index (χ0) is 20.5. The Morgan fingerprint density at radius 2 is 2.11 bits per heavy atom. The first-order valence-electron chi connectivity index (χ1n) is 8.45. The van der Waals surface area contributed by atoms with Crippen LogP contribution in [-0.4, -0.2) is 45.7 Å². The smallest absolute Gasteiger partial charge is 0.396 e. The number of aromatic amines is 1. The minimum atomic E-state index is -4.49. The number of H-pyrrole nitrogens is 1. The molecule has 0 saturated heterocycles. The van der Waals surface area contributed by atoms with Gasteiger partial charge in [0.2, 0.25) is 11.9 Å². The van der Waals surface area contributed by atoms with E-state index in [0.717, 1.165) is 16.9 Å². The van der Waals surface area contributed by atoms with Crippen LogP contribution in [0, 0.1) is 0 Å². The number of alkyl halides is 3. The predicted octanol–water partition coefficient (Wildman–Crippen LogP) is 2.36. The van der Waals surface area contributed by atoms with Crippen molar-refractivity contribution in [1.82, 2.24) is 20.3 Å². The zero-order valence-electron chi connectivity index (χ0n) is 15.2. The molecule has 0 fully saturated rings. The van der Waals surface area contributed by atoms with Crippen LogP contribution in [0.15, 0.2) is 18.5 Å². The van der Waals surface area contributed by atoms with Gasteiger partial charge < -0.3 is 26.7 Å². The van der Waals surface area contributed by atoms with E-state index in [4.69, 9.17) is 5.73 Å². The summed E-state index contributed by atoms with van der Waals surface area (Å²) in [6.45, 7) is 2.14. The van der Waals surface area contributed by atoms with Crippen molar-refractivity contribution >= 4 is 29.4 Å². The first kappa shape index (κ1) is 19.5. The lowest BCUT2D eigenvalue weighted by atomic mass is 10.0. The number of nitrogens with one attached hydrogen (secondary N) is 4. The molecular formula is C17H20F3N7O. The summed E-state index contributed by atoms with van der Waals surface area (Å²) >= 11 is 0. The zero-order valence-corrected chi connectivity index (χ0v) is 15.2. The van der Waals surface area contributed by atoms with Gasteiger partial charge in [0.1, 0.15) is 23.6 Å². The van der Waals surface area contributed by atoms with E-state index in [9.17, 15) is 18.0 Å². The summed E-state index contributed by atoms with van der Waals surface area (Å²) in [7, 11) is 0. The number of nitrogen functional groups attached to an aromatic ring is 1. The maximum atomic E-state index is 12.3. The third-order valence-corrected chi connectivity index (χ3v) is 4.12. The molecule has 0 radical (unpaired) electrons. The highest BCUT2D eigenvalue weighted by Gasteiger charge is 2.33. The largest absolute Gasteiger partial charge is 0.405 e. The van der Waals surface area contributed by atoms with Gasteiger partial charge in [0.05, 0.1) is 11.9 Å². The van der Waals surface area contributed by atoms with E-state index < -0.39 is 24.2 Å². The molecule has 0 bridgehead atoms. The van der Waals surface area contributed by atoms with Crippen LogP contribution < -0.4 is 21.7 Å². The Hall–Kier alpha value is -3.24. The molecule has 28 heavy (non-hydrogen) atoms. The van der Waals surface area contributed by atoms with Gasteiger partial charge >= 0.3 is 6.18 Å². The summed E-state index contributed by atoms with van der Waals surface area (Å²) in [4.78, 5) is 23.6. The van der Waals surface area contributed by atoms with E-state index >= 15 is 0 Å². The molecule has 0 saturated carbocycles. The number of hydrogen-bond acceptors (Lipinski definition) is 6. The van der Waals surface area contributed by atoms with Crippen molar-refractivity contribution in [2.45, 2.75) is 25.6 Å². The van der Waals surface area contributed by atoms with Gasteiger partial charge in [-0.3, -0.25) is 4.79 Å². The van der Waals surface area contributed by atoms with Crippen LogP contribution in [0.4, 0.5) is 30.6 Å². The molecule has 0 aliphatic carbocycles. The van der Waals surface area contributed by atoms with Crippen LogP contribution in [-0.2, 0) is 4.79 Å². The second-order valence-electron chi connectivity index (χ2n) is 6.82. The number of hydrogen-bond donors (Lipinski definition) is 5. The van der Waals surface area contributed by atoms with Crippen molar-refractivity contribution in [2.24, 2.45) is 0 Å². The molecule has 6 N–H and O–H groups in total. The van der Waals surface area contributed by atoms with Gasteiger partial charge in [0, 0.05) is 23.9 Å². The third kappa shape index (κ3) is 4.18. The number of halogens is 3. The minimum Gasteiger partial charge on any atom is -0.396 e. The summed E-state index contributed by atoms with van der Waals surface area (Å²) in [6, 6.07) is 0. The van der Waals surface area contributed by atoms with Gasteiger partial charge in [-0.15, -0.1) is 0 Å². The number of carbonyl (C=O) groups excluding carboxylic acids is 1. The molecule has 2 aromatic heterocycles. The molecule has 0 unspecified atom stereocenters. The van der Waals surface area contributed by atoms with Crippen molar-refractivity contribution in [3.05, 3.63) is 24.0 Å². The van der Waals surface area contributed by atoms with E-state index in [0.29, 0.717) is 17.9 Å². The topological polar surface area (TPSA) is 121 Å². The fraction of sp³-hybridized carbons (Fsp3) is 0.353. The van der Waals surface area contributed by atoms with Gasteiger partial charge in [-0.05, 0) is 13.8 Å². The average Bonchev–Trinajstić information content (AvgIpc) is 3.04. The van der Waals surface area contributed by atoms with Gasteiger partial charge in [-0.2, -0.15) is 13.2 Å². The molecule has 3 rings (SSSR count). The Morgan fingerprint density at radius 1 is 1.36 bits per heavy atom. The quantitative estimate of drug-likeness (QED) is 0.530. The number of aromatic nitrogens is 3. The Kier molecular flexibility index (Phi) is 4.92. The molecular weight excluding hydrogens is 375 g/mol. The van der Waals surface area contributed by atoms with E-state index in [1.165, 1.54) is 20.0 Å². The van der Waals surface area contributed by atoms with Crippen molar-refractivity contribution in [3.63, 3.8) is 0 Å². The number of fused-ring (bicyclic) bond motifs is 1. The van der Waals surface area contributed by atoms with Crippen molar-refractivity contribution in [3.8, 4) is 11.3 Å². The second-order valence-corrected chi connectivity index (χ2v) is 6.82. The Balaban J connectivity index is 1.83. The van der Waals surface area contributed by atoms with Crippen molar-refractivity contribution in [1.29, 1.82) is 0 Å². The summed E-state index contributed by atoms with van der Waals surface area (Å²) in [5.41, 5.74) is 7.02. The summed E-state index contributed by atoms with van der Waals surface area (Å²) in [6.07, 6.45) is 2.52. The maximum Gasteiger partial charge on any atom is 0.405 e. The van der Waals surface area contributed by atoms with Crippen LogP contribution in [0.2, 0.25) is 0 Å². The molecule has 0 spiro atoms. The molecule has 2 aromatic rings. The fourth-order valence-electron chi connectivity index (χ4n) is 2.69. The number of nitrogens with zero attached hydrogens (tertiary/aromatic N) is 2. The van der Waals surface area contributed by atoms with E-state index in [1.54, 1.807) is 6.20 Å². The van der Waals surface area contributed by atoms with Crippen molar-refractivity contribution in [2.75, 3.05) is 29.5 Å². The first-order chi connectivity index (χ1) is 13.1. The highest BCUT2D eigenvalue weighted by Crippen LogP contribution is 2.34. The van der Waals surface area contributed by atoms with Gasteiger partial charge in [0.15, 0.2) is 0 Å². The lowest BCUT2D eigenvalue weighted by Crippen LogP contribution is -2.50. The monoisotopic (exact) mass is 395 g/mol. The SMILES string of the molecule is CC(C)(Nc1ncc(N)c(-c2c[nH]c3c2C=CCN3)n1)C(=O)NCC(F)(F)F. The summed E-state index contributed by atoms with van der Waals surface area (Å²) < 4.78 is 37.0. The number of carbonyl (C=O) groups is 1. The molecule has 1 amide bonds. The van der Waals surface area contributed by atoms with E-state index in [1.807, 2.05) is 17.5 Å². The van der Waals surface area contributed by atoms with Crippen LogP contribution in [0.3, 0.4) is 0 Å². The normalized spacial score (nSPS) is 13.6. The highest BCUT2D eigenvalue weighted by atomic mass is 19.4.